The van der Waals surface area contributed by atoms with Gasteiger partial charge in [-0.15, -0.1) is 0 Å². The molecule has 0 saturated carbocycles. The summed E-state index contributed by atoms with van der Waals surface area (Å²) in [4.78, 5) is 23.7. The van der Waals surface area contributed by atoms with Gasteiger partial charge in [0.1, 0.15) is 17.1 Å². The normalized spacial score (nSPS) is 10.1. The molecule has 1 aromatic carbocycles. The van der Waals surface area contributed by atoms with E-state index in [2.05, 4.69) is 4.74 Å². The van der Waals surface area contributed by atoms with Crippen LogP contribution in [0.25, 0.3) is 0 Å². The Morgan fingerprint density at radius 1 is 1.00 bits per heavy atom. The molecule has 0 bridgehead atoms. The van der Waals surface area contributed by atoms with Crippen LogP contribution in [-0.4, -0.2) is 46.7 Å². The van der Waals surface area contributed by atoms with E-state index in [-0.39, 0.29) is 30.6 Å². The molecule has 0 fully saturated rings. The third-order valence-corrected chi connectivity index (χ3v) is 2.57. The summed E-state index contributed by atoms with van der Waals surface area (Å²) >= 11 is 0. The third kappa shape index (κ3) is 4.17. The Morgan fingerprint density at radius 2 is 1.62 bits per heavy atom. The minimum absolute atomic E-state index is 0.0176. The van der Waals surface area contributed by atoms with Crippen molar-refractivity contribution in [3.05, 3.63) is 23.3 Å². The molecule has 0 aliphatic carbocycles. The monoisotopic (exact) mass is 298 g/mol. The molecule has 7 heteroatoms. The molecule has 0 saturated heterocycles. The van der Waals surface area contributed by atoms with Crippen molar-refractivity contribution in [1.82, 2.24) is 0 Å². The molecule has 0 aliphatic rings. The largest absolute Gasteiger partial charge is 0.467 e. The number of methoxy groups -OCH3 is 3. The van der Waals surface area contributed by atoms with E-state index in [9.17, 15) is 9.59 Å². The highest BCUT2D eigenvalue weighted by atomic mass is 16.7. The topological polar surface area (TPSA) is 80.3 Å². The molecule has 116 valence electrons. The number of Topliss-reactive ketones (excluding diaryl/α,β-unsaturated/α-hetero) is 1. The highest BCUT2D eigenvalue weighted by Gasteiger charge is 2.27. The van der Waals surface area contributed by atoms with Gasteiger partial charge in [-0.25, -0.2) is 4.79 Å². The van der Waals surface area contributed by atoms with Gasteiger partial charge >= 0.3 is 5.97 Å². The fraction of sp³-hybridized carbons (Fsp3) is 0.429. The van der Waals surface area contributed by atoms with E-state index in [1.807, 2.05) is 0 Å². The number of hydrogen-bond acceptors (Lipinski definition) is 7. The minimum atomic E-state index is -1.01. The van der Waals surface area contributed by atoms with E-state index in [0.717, 1.165) is 7.11 Å². The molecule has 0 N–H and O–H groups in total. The Balaban J connectivity index is 3.31. The lowest BCUT2D eigenvalue weighted by molar-refractivity contribution is -0.135. The van der Waals surface area contributed by atoms with Crippen molar-refractivity contribution in [3.8, 4) is 11.5 Å². The summed E-state index contributed by atoms with van der Waals surface area (Å²) in [6.45, 7) is 1.59. The van der Waals surface area contributed by atoms with Gasteiger partial charge in [-0.3, -0.25) is 4.79 Å². The van der Waals surface area contributed by atoms with Crippen molar-refractivity contribution >= 4 is 11.8 Å². The molecule has 1 aromatic rings. The summed E-state index contributed by atoms with van der Waals surface area (Å²) < 4.78 is 24.8. The van der Waals surface area contributed by atoms with E-state index in [0.29, 0.717) is 5.56 Å². The van der Waals surface area contributed by atoms with Gasteiger partial charge < -0.3 is 23.7 Å². The lowest BCUT2D eigenvalue weighted by Gasteiger charge is -2.16. The molecule has 0 heterocycles. The van der Waals surface area contributed by atoms with Crippen LogP contribution in [0.3, 0.4) is 0 Å². The summed E-state index contributed by atoms with van der Waals surface area (Å²) in [5.74, 6) is -1.49. The highest BCUT2D eigenvalue weighted by Crippen LogP contribution is 2.33. The molecule has 0 atom stereocenters. The zero-order valence-electron chi connectivity index (χ0n) is 12.4. The second kappa shape index (κ2) is 8.23. The van der Waals surface area contributed by atoms with Crippen LogP contribution < -0.4 is 9.47 Å². The van der Waals surface area contributed by atoms with Crippen LogP contribution in [0.1, 0.15) is 15.9 Å². The van der Waals surface area contributed by atoms with Crippen molar-refractivity contribution < 1.29 is 33.3 Å². The number of carbonyl (C=O) groups is 2. The van der Waals surface area contributed by atoms with Crippen molar-refractivity contribution in [2.45, 2.75) is 6.92 Å². The first kappa shape index (κ1) is 16.9. The third-order valence-electron chi connectivity index (χ3n) is 2.57. The minimum Gasteiger partial charge on any atom is -0.467 e. The summed E-state index contributed by atoms with van der Waals surface area (Å²) in [6.07, 6.45) is 0. The molecule has 0 unspecified atom stereocenters. The van der Waals surface area contributed by atoms with Gasteiger partial charge in [0.25, 0.3) is 5.78 Å². The first-order valence-corrected chi connectivity index (χ1v) is 6.06. The van der Waals surface area contributed by atoms with Gasteiger partial charge in [-0.05, 0) is 18.6 Å². The summed E-state index contributed by atoms with van der Waals surface area (Å²) in [6, 6.07) is 3.26. The van der Waals surface area contributed by atoms with Crippen molar-refractivity contribution in [1.29, 1.82) is 0 Å². The summed E-state index contributed by atoms with van der Waals surface area (Å²) in [7, 11) is 4.02. The van der Waals surface area contributed by atoms with E-state index < -0.39 is 11.8 Å². The quantitative estimate of drug-likeness (QED) is 0.310. The van der Waals surface area contributed by atoms with Crippen LogP contribution >= 0.6 is 0 Å². The Morgan fingerprint density at radius 3 is 2.19 bits per heavy atom. The predicted molar refractivity (Wildman–Crippen MR) is 72.5 cm³/mol. The van der Waals surface area contributed by atoms with E-state index in [4.69, 9.17) is 18.9 Å². The van der Waals surface area contributed by atoms with Gasteiger partial charge in [0.15, 0.2) is 13.6 Å². The van der Waals surface area contributed by atoms with Crippen LogP contribution in [0.5, 0.6) is 11.5 Å². The van der Waals surface area contributed by atoms with Crippen LogP contribution in [0.4, 0.5) is 0 Å². The number of aryl methyl sites for hydroxylation is 1. The number of benzene rings is 1. The number of carbonyl (C=O) groups excluding carboxylic acids is 2. The summed E-state index contributed by atoms with van der Waals surface area (Å²) in [5, 5.41) is 0. The number of esters is 1. The Bertz CT molecular complexity index is 510. The maximum atomic E-state index is 12.2. The van der Waals surface area contributed by atoms with Gasteiger partial charge in [-0.1, -0.05) is 6.07 Å². The molecule has 21 heavy (non-hydrogen) atoms. The van der Waals surface area contributed by atoms with Crippen LogP contribution in [0, 0.1) is 6.92 Å². The number of rotatable bonds is 8. The number of ketones is 1. The SMILES string of the molecule is COCOc1ccc(C)c(OCOC)c1C(=O)C(=O)OC. The average Bonchev–Trinajstić information content (AvgIpc) is 2.50. The smallest absolute Gasteiger partial charge is 0.379 e. The molecule has 0 aliphatic heterocycles. The van der Waals surface area contributed by atoms with Gasteiger partial charge in [0.05, 0.1) is 7.11 Å². The molecule has 0 amide bonds. The first-order valence-electron chi connectivity index (χ1n) is 6.06. The maximum absolute atomic E-state index is 12.2. The predicted octanol–water partition coefficient (Wildman–Crippen LogP) is 1.32. The Hall–Kier alpha value is -2.12. The zero-order valence-corrected chi connectivity index (χ0v) is 12.4. The fourth-order valence-corrected chi connectivity index (χ4v) is 1.63. The van der Waals surface area contributed by atoms with Crippen LogP contribution in [0.15, 0.2) is 12.1 Å². The molecule has 0 radical (unpaired) electrons. The lowest BCUT2D eigenvalue weighted by atomic mass is 10.0. The lowest BCUT2D eigenvalue weighted by Crippen LogP contribution is -2.19. The zero-order chi connectivity index (χ0) is 15.8. The second-order valence-electron chi connectivity index (χ2n) is 4.01. The Kier molecular flexibility index (Phi) is 6.64. The van der Waals surface area contributed by atoms with Crippen molar-refractivity contribution in [2.24, 2.45) is 0 Å². The highest BCUT2D eigenvalue weighted by molar-refractivity contribution is 6.42. The van der Waals surface area contributed by atoms with E-state index in [1.165, 1.54) is 14.2 Å². The second-order valence-corrected chi connectivity index (χ2v) is 4.01. The molecule has 1 rings (SSSR count). The number of hydrogen-bond donors (Lipinski definition) is 0. The number of ether oxygens (including phenoxy) is 5. The summed E-state index contributed by atoms with van der Waals surface area (Å²) in [5.41, 5.74) is 0.639. The Labute approximate surface area is 122 Å². The molecule has 0 spiro atoms. The van der Waals surface area contributed by atoms with Gasteiger partial charge in [0.2, 0.25) is 0 Å². The molecule has 7 nitrogen and oxygen atoms in total. The maximum Gasteiger partial charge on any atom is 0.379 e. The molecular weight excluding hydrogens is 280 g/mol. The fourth-order valence-electron chi connectivity index (χ4n) is 1.63. The standard InChI is InChI=1S/C14H18O7/c1-9-5-6-10(20-7-17-2)11(12(15)14(16)19-4)13(9)21-8-18-3/h5-6H,7-8H2,1-4H3. The van der Waals surface area contributed by atoms with E-state index >= 15 is 0 Å². The average molecular weight is 298 g/mol. The first-order chi connectivity index (χ1) is 10.1. The van der Waals surface area contributed by atoms with Crippen LogP contribution in [0.2, 0.25) is 0 Å². The van der Waals surface area contributed by atoms with Crippen LogP contribution in [-0.2, 0) is 19.0 Å². The van der Waals surface area contributed by atoms with E-state index in [1.54, 1.807) is 19.1 Å². The van der Waals surface area contributed by atoms with Gasteiger partial charge in [-0.2, -0.15) is 0 Å². The van der Waals surface area contributed by atoms with Gasteiger partial charge in [0, 0.05) is 14.2 Å². The molecule has 0 aromatic heterocycles. The molecular formula is C14H18O7. The van der Waals surface area contributed by atoms with Crippen molar-refractivity contribution in [2.75, 3.05) is 34.9 Å². The van der Waals surface area contributed by atoms with Crippen molar-refractivity contribution in [3.63, 3.8) is 0 Å².